The van der Waals surface area contributed by atoms with Crippen molar-refractivity contribution in [3.8, 4) is 0 Å². The minimum absolute atomic E-state index is 0.0232. The maximum absolute atomic E-state index is 14.4. The van der Waals surface area contributed by atoms with E-state index in [-0.39, 0.29) is 24.2 Å². The SMILES string of the molecule is O=C(O)N[C@H]1Cn2c(nc3cc([N+](=O)[O-])ccc32)C[C@@H]1c1cc(F)c(F)cc1F. The zero-order valence-corrected chi connectivity index (χ0v) is 14.6. The van der Waals surface area contributed by atoms with E-state index in [4.69, 9.17) is 5.11 Å². The van der Waals surface area contributed by atoms with Crippen LogP contribution in [0.1, 0.15) is 17.3 Å². The third kappa shape index (κ3) is 3.24. The number of hydrogen-bond acceptors (Lipinski definition) is 4. The molecule has 3 aromatic rings. The van der Waals surface area contributed by atoms with E-state index in [0.717, 1.165) is 6.07 Å². The summed E-state index contributed by atoms with van der Waals surface area (Å²) in [6, 6.07) is 4.37. The standard InChI is InChI=1S/C18H13F3N4O4/c19-11-6-13(21)12(20)4-9(11)10-5-17-22-14-3-8(25(28)29)1-2-16(14)24(17)7-15(10)23-18(26)27/h1-4,6,10,15,23H,5,7H2,(H,26,27)/t10-,15+/m1/s1. The molecule has 0 unspecified atom stereocenters. The molecule has 8 nitrogen and oxygen atoms in total. The molecule has 2 aromatic carbocycles. The minimum Gasteiger partial charge on any atom is -0.465 e. The fourth-order valence-corrected chi connectivity index (χ4v) is 3.76. The molecule has 0 spiro atoms. The Bertz CT molecular complexity index is 1160. The van der Waals surface area contributed by atoms with E-state index in [9.17, 15) is 28.1 Å². The highest BCUT2D eigenvalue weighted by Gasteiger charge is 2.35. The lowest BCUT2D eigenvalue weighted by atomic mass is 9.85. The molecular formula is C18H13F3N4O4. The fraction of sp³-hybridized carbons (Fsp3) is 0.222. The monoisotopic (exact) mass is 406 g/mol. The Morgan fingerprint density at radius 1 is 1.21 bits per heavy atom. The average molecular weight is 406 g/mol. The molecule has 1 amide bonds. The Hall–Kier alpha value is -3.63. The molecule has 11 heteroatoms. The second kappa shape index (κ2) is 6.76. The lowest BCUT2D eigenvalue weighted by Gasteiger charge is -2.33. The van der Waals surface area contributed by atoms with Crippen LogP contribution in [0.5, 0.6) is 0 Å². The zero-order valence-electron chi connectivity index (χ0n) is 14.6. The zero-order chi connectivity index (χ0) is 20.9. The third-order valence-corrected chi connectivity index (χ3v) is 5.04. The molecule has 0 aliphatic carbocycles. The van der Waals surface area contributed by atoms with Gasteiger partial charge in [-0.05, 0) is 17.7 Å². The van der Waals surface area contributed by atoms with Crippen molar-refractivity contribution in [3.05, 3.63) is 69.3 Å². The van der Waals surface area contributed by atoms with Gasteiger partial charge in [-0.15, -0.1) is 0 Å². The van der Waals surface area contributed by atoms with Gasteiger partial charge in [-0.1, -0.05) is 0 Å². The molecule has 4 rings (SSSR count). The van der Waals surface area contributed by atoms with Crippen LogP contribution in [-0.4, -0.2) is 31.7 Å². The summed E-state index contributed by atoms with van der Waals surface area (Å²) < 4.78 is 43.1. The highest BCUT2D eigenvalue weighted by Crippen LogP contribution is 2.35. The smallest absolute Gasteiger partial charge is 0.404 e. The summed E-state index contributed by atoms with van der Waals surface area (Å²) in [5.74, 6) is -4.00. The van der Waals surface area contributed by atoms with E-state index >= 15 is 0 Å². The largest absolute Gasteiger partial charge is 0.465 e. The van der Waals surface area contributed by atoms with Crippen molar-refractivity contribution in [2.75, 3.05) is 0 Å². The van der Waals surface area contributed by atoms with Crippen molar-refractivity contribution in [1.29, 1.82) is 0 Å². The molecular weight excluding hydrogens is 393 g/mol. The van der Waals surface area contributed by atoms with Crippen molar-refractivity contribution < 1.29 is 28.0 Å². The van der Waals surface area contributed by atoms with Crippen LogP contribution < -0.4 is 5.32 Å². The molecule has 0 saturated carbocycles. The van der Waals surface area contributed by atoms with Crippen molar-refractivity contribution >= 4 is 22.8 Å². The van der Waals surface area contributed by atoms with E-state index in [1.165, 1.54) is 18.2 Å². The molecule has 2 atom stereocenters. The first kappa shape index (κ1) is 18.7. The first-order valence-electron chi connectivity index (χ1n) is 8.52. The summed E-state index contributed by atoms with van der Waals surface area (Å²) in [6.07, 6.45) is -1.33. The maximum atomic E-state index is 14.4. The van der Waals surface area contributed by atoms with E-state index in [1.54, 1.807) is 4.57 Å². The molecule has 1 aliphatic rings. The molecule has 0 fully saturated rings. The number of carbonyl (C=O) groups is 1. The average Bonchev–Trinajstić information content (AvgIpc) is 3.00. The molecule has 0 radical (unpaired) electrons. The van der Waals surface area contributed by atoms with Gasteiger partial charge >= 0.3 is 6.09 Å². The van der Waals surface area contributed by atoms with Crippen molar-refractivity contribution in [1.82, 2.24) is 14.9 Å². The third-order valence-electron chi connectivity index (χ3n) is 5.04. The minimum atomic E-state index is -1.36. The molecule has 1 aromatic heterocycles. The Balaban J connectivity index is 1.82. The van der Waals surface area contributed by atoms with Crippen molar-refractivity contribution in [3.63, 3.8) is 0 Å². The number of aromatic nitrogens is 2. The van der Waals surface area contributed by atoms with Gasteiger partial charge in [0.25, 0.3) is 5.69 Å². The number of hydrogen-bond donors (Lipinski definition) is 2. The summed E-state index contributed by atoms with van der Waals surface area (Å²) in [5, 5.41) is 22.4. The summed E-state index contributed by atoms with van der Waals surface area (Å²) >= 11 is 0. The number of carboxylic acid groups (broad SMARTS) is 1. The van der Waals surface area contributed by atoms with Gasteiger partial charge in [0.2, 0.25) is 0 Å². The molecule has 0 bridgehead atoms. The van der Waals surface area contributed by atoms with Crippen LogP contribution in [0.2, 0.25) is 0 Å². The van der Waals surface area contributed by atoms with E-state index < -0.39 is 40.4 Å². The van der Waals surface area contributed by atoms with Crippen LogP contribution >= 0.6 is 0 Å². The number of nitro groups is 1. The molecule has 29 heavy (non-hydrogen) atoms. The van der Waals surface area contributed by atoms with Gasteiger partial charge in [-0.3, -0.25) is 10.1 Å². The van der Waals surface area contributed by atoms with Crippen LogP contribution in [0, 0.1) is 27.6 Å². The molecule has 1 aliphatic heterocycles. The van der Waals surface area contributed by atoms with Gasteiger partial charge in [0.15, 0.2) is 11.6 Å². The topological polar surface area (TPSA) is 110 Å². The highest BCUT2D eigenvalue weighted by atomic mass is 19.2. The van der Waals surface area contributed by atoms with Gasteiger partial charge in [0.1, 0.15) is 11.6 Å². The highest BCUT2D eigenvalue weighted by molar-refractivity contribution is 5.79. The van der Waals surface area contributed by atoms with E-state index in [1.807, 2.05) is 0 Å². The molecule has 2 heterocycles. The quantitative estimate of drug-likeness (QED) is 0.394. The van der Waals surface area contributed by atoms with Crippen LogP contribution in [0.15, 0.2) is 30.3 Å². The van der Waals surface area contributed by atoms with Crippen molar-refractivity contribution in [2.24, 2.45) is 0 Å². The van der Waals surface area contributed by atoms with Crippen molar-refractivity contribution in [2.45, 2.75) is 24.9 Å². The van der Waals surface area contributed by atoms with Gasteiger partial charge in [-0.2, -0.15) is 0 Å². The maximum Gasteiger partial charge on any atom is 0.404 e. The number of fused-ring (bicyclic) bond motifs is 3. The van der Waals surface area contributed by atoms with Gasteiger partial charge in [0.05, 0.1) is 22.0 Å². The van der Waals surface area contributed by atoms with Gasteiger partial charge < -0.3 is 15.0 Å². The molecule has 0 saturated heterocycles. The number of halogens is 3. The second-order valence-electron chi connectivity index (χ2n) is 6.72. The van der Waals surface area contributed by atoms with Crippen LogP contribution in [0.4, 0.5) is 23.7 Å². The number of benzene rings is 2. The van der Waals surface area contributed by atoms with Crippen LogP contribution in [0.3, 0.4) is 0 Å². The normalized spacial score (nSPS) is 18.4. The molecule has 2 N–H and O–H groups in total. The number of rotatable bonds is 3. The Kier molecular flexibility index (Phi) is 4.36. The summed E-state index contributed by atoms with van der Waals surface area (Å²) in [6.45, 7) is 0.0407. The Morgan fingerprint density at radius 3 is 2.62 bits per heavy atom. The lowest BCUT2D eigenvalue weighted by Crippen LogP contribution is -2.45. The van der Waals surface area contributed by atoms with E-state index in [2.05, 4.69) is 10.3 Å². The Morgan fingerprint density at radius 2 is 1.93 bits per heavy atom. The lowest BCUT2D eigenvalue weighted by molar-refractivity contribution is -0.384. The van der Waals surface area contributed by atoms with E-state index in [0.29, 0.717) is 22.9 Å². The summed E-state index contributed by atoms with van der Waals surface area (Å²) in [7, 11) is 0. The molecule has 150 valence electrons. The summed E-state index contributed by atoms with van der Waals surface area (Å²) in [4.78, 5) is 26.0. The first-order chi connectivity index (χ1) is 13.7. The number of nitrogens with one attached hydrogen (secondary N) is 1. The predicted molar refractivity (Wildman–Crippen MR) is 94.1 cm³/mol. The van der Waals surface area contributed by atoms with Gasteiger partial charge in [0, 0.05) is 37.1 Å². The second-order valence-corrected chi connectivity index (χ2v) is 6.72. The predicted octanol–water partition coefficient (Wildman–Crippen LogP) is 3.34. The number of non-ortho nitro benzene ring substituents is 1. The Labute approximate surface area is 160 Å². The fourth-order valence-electron chi connectivity index (χ4n) is 3.76. The number of nitro benzene ring substituents is 1. The van der Waals surface area contributed by atoms with Gasteiger partial charge in [-0.25, -0.2) is 22.9 Å². The van der Waals surface area contributed by atoms with Crippen LogP contribution in [-0.2, 0) is 13.0 Å². The number of amides is 1. The number of imidazole rings is 1. The van der Waals surface area contributed by atoms with Crippen LogP contribution in [0.25, 0.3) is 11.0 Å². The first-order valence-corrected chi connectivity index (χ1v) is 8.52. The summed E-state index contributed by atoms with van der Waals surface area (Å²) in [5.41, 5.74) is 0.546. The number of nitrogens with zero attached hydrogens (tertiary/aromatic N) is 3.